The maximum absolute atomic E-state index is 6.60. The second kappa shape index (κ2) is 11.0. The molecule has 0 saturated carbocycles. The number of para-hydroxylation sites is 2. The number of hydrogen-bond acceptors (Lipinski definition) is 3. The van der Waals surface area contributed by atoms with Crippen LogP contribution in [0.1, 0.15) is 25.0 Å². The van der Waals surface area contributed by atoms with E-state index in [-0.39, 0.29) is 5.41 Å². The molecule has 0 N–H and O–H groups in total. The van der Waals surface area contributed by atoms with E-state index in [4.69, 9.17) is 4.74 Å². The highest BCUT2D eigenvalue weighted by Crippen LogP contribution is 2.60. The van der Waals surface area contributed by atoms with Crippen LogP contribution in [0.2, 0.25) is 0 Å². The average Bonchev–Trinajstić information content (AvgIpc) is 3.14. The summed E-state index contributed by atoms with van der Waals surface area (Å²) in [5.74, 6) is 1.75. The molecule has 2 heterocycles. The molecule has 0 aliphatic carbocycles. The first kappa shape index (κ1) is 28.2. The van der Waals surface area contributed by atoms with Crippen molar-refractivity contribution in [3.63, 3.8) is 0 Å². The fourth-order valence-electron chi connectivity index (χ4n) is 7.40. The zero-order valence-corrected chi connectivity index (χ0v) is 27.0. The van der Waals surface area contributed by atoms with Crippen LogP contribution < -0.4 is 14.5 Å². The fraction of sp³-hybridized carbons (Fsp3) is 0.0667. The Bertz CT molecular complexity index is 2290. The molecule has 0 unspecified atom stereocenters. The van der Waals surface area contributed by atoms with Crippen molar-refractivity contribution in [3.8, 4) is 33.8 Å². The molecule has 0 bridgehead atoms. The molecule has 48 heavy (non-hydrogen) atoms. The third-order valence-electron chi connectivity index (χ3n) is 9.80. The fourth-order valence-corrected chi connectivity index (χ4v) is 7.40. The average molecular weight is 619 g/mol. The monoisotopic (exact) mass is 618 g/mol. The van der Waals surface area contributed by atoms with Gasteiger partial charge < -0.3 is 14.5 Å². The van der Waals surface area contributed by atoms with E-state index in [1.54, 1.807) is 0 Å². The second-order valence-corrected chi connectivity index (χ2v) is 13.1. The lowest BCUT2D eigenvalue weighted by Gasteiger charge is -2.45. The Morgan fingerprint density at radius 1 is 0.438 bits per heavy atom. The van der Waals surface area contributed by atoms with Gasteiger partial charge in [-0.15, -0.1) is 0 Å². The van der Waals surface area contributed by atoms with Gasteiger partial charge >= 0.3 is 0 Å². The Morgan fingerprint density at radius 2 is 1.04 bits per heavy atom. The highest BCUT2D eigenvalue weighted by Gasteiger charge is 2.42. The Labute approximate surface area is 281 Å². The molecule has 0 saturated heterocycles. The molecule has 9 rings (SSSR count). The minimum Gasteiger partial charge on any atom is -0.453 e. The van der Waals surface area contributed by atoms with E-state index in [9.17, 15) is 0 Å². The van der Waals surface area contributed by atoms with Crippen molar-refractivity contribution < 1.29 is 4.74 Å². The molecule has 0 fully saturated rings. The summed E-state index contributed by atoms with van der Waals surface area (Å²) in [5, 5.41) is 0. The predicted molar refractivity (Wildman–Crippen MR) is 199 cm³/mol. The maximum atomic E-state index is 6.60. The van der Waals surface area contributed by atoms with E-state index >= 15 is 0 Å². The van der Waals surface area contributed by atoms with Gasteiger partial charge in [0.15, 0.2) is 11.5 Å². The lowest BCUT2D eigenvalue weighted by atomic mass is 9.73. The number of ether oxygens (including phenoxy) is 1. The normalized spacial score (nSPS) is 13.5. The van der Waals surface area contributed by atoms with E-state index in [1.807, 2.05) is 0 Å². The molecule has 2 aliphatic heterocycles. The minimum absolute atomic E-state index is 0.278. The molecule has 0 spiro atoms. The number of anilines is 6. The molecule has 0 atom stereocenters. The second-order valence-electron chi connectivity index (χ2n) is 13.1. The Hall–Kier alpha value is -6.06. The number of hydrogen-bond donors (Lipinski definition) is 0. The number of rotatable bonds is 5. The largest absolute Gasteiger partial charge is 0.453 e. The van der Waals surface area contributed by atoms with Crippen LogP contribution >= 0.6 is 0 Å². The first-order valence-corrected chi connectivity index (χ1v) is 16.5. The lowest BCUT2D eigenvalue weighted by molar-refractivity contribution is 0.471. The van der Waals surface area contributed by atoms with Crippen LogP contribution in [0.4, 0.5) is 34.1 Å². The maximum Gasteiger partial charge on any atom is 0.151 e. The quantitative estimate of drug-likeness (QED) is 0.191. The van der Waals surface area contributed by atoms with Gasteiger partial charge in [-0.25, -0.2) is 0 Å². The van der Waals surface area contributed by atoms with Crippen molar-refractivity contribution in [1.82, 2.24) is 0 Å². The number of nitrogens with zero attached hydrogens (tertiary/aromatic N) is 2. The molecular weight excluding hydrogens is 585 g/mol. The van der Waals surface area contributed by atoms with Crippen LogP contribution in [0.25, 0.3) is 22.3 Å². The van der Waals surface area contributed by atoms with E-state index < -0.39 is 0 Å². The summed E-state index contributed by atoms with van der Waals surface area (Å²) in [5.41, 5.74) is 13.7. The van der Waals surface area contributed by atoms with Crippen molar-refractivity contribution in [1.29, 1.82) is 0 Å². The van der Waals surface area contributed by atoms with E-state index in [0.717, 1.165) is 45.5 Å². The van der Waals surface area contributed by atoms with Crippen molar-refractivity contribution in [2.45, 2.75) is 19.3 Å². The molecule has 3 heteroatoms. The summed E-state index contributed by atoms with van der Waals surface area (Å²) in [6.45, 7) is 4.67. The van der Waals surface area contributed by atoms with Gasteiger partial charge in [-0.05, 0) is 94.0 Å². The molecule has 0 radical (unpaired) electrons. The molecule has 2 aliphatic rings. The smallest absolute Gasteiger partial charge is 0.151 e. The van der Waals surface area contributed by atoms with Gasteiger partial charge in [-0.2, -0.15) is 0 Å². The predicted octanol–water partition coefficient (Wildman–Crippen LogP) is 12.7. The summed E-state index contributed by atoms with van der Waals surface area (Å²) in [6, 6.07) is 60.6. The third kappa shape index (κ3) is 4.51. The van der Waals surface area contributed by atoms with Crippen LogP contribution in [0.5, 0.6) is 11.5 Å². The van der Waals surface area contributed by atoms with Crippen LogP contribution in [0.15, 0.2) is 170 Å². The third-order valence-corrected chi connectivity index (χ3v) is 9.80. The summed E-state index contributed by atoms with van der Waals surface area (Å²) in [7, 11) is 0. The van der Waals surface area contributed by atoms with Gasteiger partial charge in [0, 0.05) is 22.5 Å². The number of fused-ring (bicyclic) bond motifs is 4. The Balaban J connectivity index is 1.23. The van der Waals surface area contributed by atoms with E-state index in [1.165, 1.54) is 33.5 Å². The SMILES string of the molecule is CC1(C)c2cc(N(c3ccccc3)c3cccc(-c4ccccc4)c3)ccc2N2c3cc(-c4ccccc4)ccc3Oc3cccc1c32. The Kier molecular flexibility index (Phi) is 6.48. The van der Waals surface area contributed by atoms with Crippen molar-refractivity contribution in [2.75, 3.05) is 9.80 Å². The summed E-state index contributed by atoms with van der Waals surface area (Å²) in [4.78, 5) is 4.79. The first-order chi connectivity index (χ1) is 23.6. The summed E-state index contributed by atoms with van der Waals surface area (Å²) >= 11 is 0. The summed E-state index contributed by atoms with van der Waals surface area (Å²) < 4.78 is 6.60. The van der Waals surface area contributed by atoms with Crippen LogP contribution in [0.3, 0.4) is 0 Å². The number of benzene rings is 7. The van der Waals surface area contributed by atoms with Gasteiger partial charge in [0.1, 0.15) is 0 Å². The molecule has 230 valence electrons. The zero-order valence-electron chi connectivity index (χ0n) is 27.0. The van der Waals surface area contributed by atoms with Gasteiger partial charge in [0.25, 0.3) is 0 Å². The molecule has 3 nitrogen and oxygen atoms in total. The first-order valence-electron chi connectivity index (χ1n) is 16.5. The molecular formula is C45H34N2O. The van der Waals surface area contributed by atoms with Crippen molar-refractivity contribution >= 4 is 34.1 Å². The van der Waals surface area contributed by atoms with Crippen molar-refractivity contribution in [2.24, 2.45) is 0 Å². The van der Waals surface area contributed by atoms with E-state index in [0.29, 0.717) is 0 Å². The van der Waals surface area contributed by atoms with Crippen LogP contribution in [-0.2, 0) is 5.41 Å². The lowest BCUT2D eigenvalue weighted by Crippen LogP contribution is -2.32. The minimum atomic E-state index is -0.278. The van der Waals surface area contributed by atoms with Gasteiger partial charge in [-0.3, -0.25) is 0 Å². The standard InChI is InChI=1S/C45H34N2O/c1-45(2)38-22-13-23-43-44(38)47(41-29-34(24-27-42(41)48-43)32-16-8-4-9-17-32)40-26-25-37(30-39(40)45)46(35-19-10-5-11-20-35)36-21-12-18-33(28-36)31-14-6-3-7-15-31/h3-30H,1-2H3. The molecule has 0 aromatic heterocycles. The van der Waals surface area contributed by atoms with Crippen LogP contribution in [-0.4, -0.2) is 0 Å². The van der Waals surface area contributed by atoms with Gasteiger partial charge in [0.05, 0.1) is 17.1 Å². The van der Waals surface area contributed by atoms with Crippen LogP contribution in [0, 0.1) is 0 Å². The molecule has 7 aromatic carbocycles. The van der Waals surface area contributed by atoms with Gasteiger partial charge in [-0.1, -0.05) is 123 Å². The zero-order chi connectivity index (χ0) is 32.2. The van der Waals surface area contributed by atoms with E-state index in [2.05, 4.69) is 194 Å². The highest BCUT2D eigenvalue weighted by molar-refractivity contribution is 5.95. The topological polar surface area (TPSA) is 15.7 Å². The van der Waals surface area contributed by atoms with Gasteiger partial charge in [0.2, 0.25) is 0 Å². The highest BCUT2D eigenvalue weighted by atomic mass is 16.5. The summed E-state index contributed by atoms with van der Waals surface area (Å²) in [6.07, 6.45) is 0. The molecule has 7 aromatic rings. The molecule has 0 amide bonds. The Morgan fingerprint density at radius 3 is 1.77 bits per heavy atom. The van der Waals surface area contributed by atoms with Crippen molar-refractivity contribution in [3.05, 3.63) is 181 Å².